The highest BCUT2D eigenvalue weighted by Gasteiger charge is 2.44. The number of rotatable bonds is 3. The van der Waals surface area contributed by atoms with Gasteiger partial charge in [0.1, 0.15) is 0 Å². The molecule has 1 aromatic rings. The van der Waals surface area contributed by atoms with E-state index in [4.69, 9.17) is 5.73 Å². The highest BCUT2D eigenvalue weighted by Crippen LogP contribution is 2.51. The zero-order chi connectivity index (χ0) is 11.1. The van der Waals surface area contributed by atoms with Crippen LogP contribution in [0.3, 0.4) is 0 Å². The monoisotopic (exact) mass is 204 g/mol. The number of benzene rings is 1. The number of nitrogens with two attached hydrogens (primary N) is 1. The van der Waals surface area contributed by atoms with E-state index in [1.165, 1.54) is 12.0 Å². The lowest BCUT2D eigenvalue weighted by molar-refractivity contribution is 0.573. The summed E-state index contributed by atoms with van der Waals surface area (Å²) in [4.78, 5) is 0. The lowest BCUT2D eigenvalue weighted by Gasteiger charge is -2.10. The van der Waals surface area contributed by atoms with Crippen LogP contribution < -0.4 is 11.1 Å². The van der Waals surface area contributed by atoms with Crippen molar-refractivity contribution < 1.29 is 0 Å². The van der Waals surface area contributed by atoms with E-state index in [0.29, 0.717) is 5.41 Å². The third kappa shape index (κ3) is 2.25. The van der Waals surface area contributed by atoms with Crippen molar-refractivity contribution in [3.8, 4) is 0 Å². The van der Waals surface area contributed by atoms with E-state index in [1.807, 2.05) is 12.1 Å². The SMILES string of the molecule is Cc1ccc(N)c(NCC2CC2(C)C)c1. The van der Waals surface area contributed by atoms with Crippen molar-refractivity contribution in [2.75, 3.05) is 17.6 Å². The number of aryl methyl sites for hydroxylation is 1. The molecule has 1 unspecified atom stereocenters. The molecule has 2 rings (SSSR count). The van der Waals surface area contributed by atoms with Crippen LogP contribution in [0.2, 0.25) is 0 Å². The molecule has 2 heteroatoms. The van der Waals surface area contributed by atoms with E-state index in [9.17, 15) is 0 Å². The van der Waals surface area contributed by atoms with Crippen LogP contribution in [-0.2, 0) is 0 Å². The van der Waals surface area contributed by atoms with Gasteiger partial charge in [-0.3, -0.25) is 0 Å². The van der Waals surface area contributed by atoms with Gasteiger partial charge in [-0.25, -0.2) is 0 Å². The normalized spacial score (nSPS) is 22.5. The minimum absolute atomic E-state index is 0.533. The van der Waals surface area contributed by atoms with Gasteiger partial charge in [0.05, 0.1) is 11.4 Å². The number of anilines is 2. The topological polar surface area (TPSA) is 38.0 Å². The molecule has 1 fully saturated rings. The molecule has 1 aliphatic rings. The molecule has 0 radical (unpaired) electrons. The lowest BCUT2D eigenvalue weighted by Crippen LogP contribution is -2.08. The molecule has 0 saturated heterocycles. The summed E-state index contributed by atoms with van der Waals surface area (Å²) in [7, 11) is 0. The smallest absolute Gasteiger partial charge is 0.0576 e. The Morgan fingerprint density at radius 3 is 2.73 bits per heavy atom. The number of hydrogen-bond donors (Lipinski definition) is 2. The second-order valence-electron chi connectivity index (χ2n) is 5.36. The average Bonchev–Trinajstić information content (AvgIpc) is 2.76. The van der Waals surface area contributed by atoms with Gasteiger partial charge in [-0.1, -0.05) is 19.9 Å². The summed E-state index contributed by atoms with van der Waals surface area (Å²) < 4.78 is 0. The largest absolute Gasteiger partial charge is 0.397 e. The van der Waals surface area contributed by atoms with E-state index in [-0.39, 0.29) is 0 Å². The van der Waals surface area contributed by atoms with Gasteiger partial charge in [-0.05, 0) is 42.4 Å². The molecule has 1 saturated carbocycles. The van der Waals surface area contributed by atoms with Crippen LogP contribution >= 0.6 is 0 Å². The van der Waals surface area contributed by atoms with Crippen molar-refractivity contribution in [1.82, 2.24) is 0 Å². The first-order valence-corrected chi connectivity index (χ1v) is 5.59. The third-order valence-corrected chi connectivity index (χ3v) is 3.47. The fraction of sp³-hybridized carbons (Fsp3) is 0.538. The van der Waals surface area contributed by atoms with E-state index >= 15 is 0 Å². The van der Waals surface area contributed by atoms with Crippen molar-refractivity contribution >= 4 is 11.4 Å². The van der Waals surface area contributed by atoms with Gasteiger partial charge in [0, 0.05) is 6.54 Å². The van der Waals surface area contributed by atoms with Crippen LogP contribution in [0.1, 0.15) is 25.8 Å². The summed E-state index contributed by atoms with van der Waals surface area (Å²) in [5, 5.41) is 3.45. The van der Waals surface area contributed by atoms with Gasteiger partial charge >= 0.3 is 0 Å². The maximum absolute atomic E-state index is 5.90. The standard InChI is InChI=1S/C13H20N2/c1-9-4-5-11(14)12(6-9)15-8-10-7-13(10,2)3/h4-6,10,15H,7-8,14H2,1-3H3. The van der Waals surface area contributed by atoms with Crippen LogP contribution in [0.15, 0.2) is 18.2 Å². The summed E-state index contributed by atoms with van der Waals surface area (Å²) in [5.74, 6) is 0.803. The molecule has 0 heterocycles. The predicted octanol–water partition coefficient (Wildman–Crippen LogP) is 3.04. The van der Waals surface area contributed by atoms with E-state index in [2.05, 4.69) is 32.2 Å². The van der Waals surface area contributed by atoms with E-state index in [0.717, 1.165) is 23.8 Å². The summed E-state index contributed by atoms with van der Waals surface area (Å²) in [6.45, 7) is 7.77. The molecule has 0 bridgehead atoms. The van der Waals surface area contributed by atoms with Crippen molar-refractivity contribution in [1.29, 1.82) is 0 Å². The molecule has 15 heavy (non-hydrogen) atoms. The molecule has 1 atom stereocenters. The van der Waals surface area contributed by atoms with E-state index < -0.39 is 0 Å². The molecule has 1 aliphatic carbocycles. The third-order valence-electron chi connectivity index (χ3n) is 3.47. The summed E-state index contributed by atoms with van der Waals surface area (Å²) >= 11 is 0. The van der Waals surface area contributed by atoms with Crippen LogP contribution in [0.4, 0.5) is 11.4 Å². The first kappa shape index (κ1) is 10.3. The fourth-order valence-corrected chi connectivity index (χ4v) is 1.98. The molecular formula is C13H20N2. The zero-order valence-electron chi connectivity index (χ0n) is 9.80. The number of hydrogen-bond acceptors (Lipinski definition) is 2. The lowest BCUT2D eigenvalue weighted by atomic mass is 10.1. The van der Waals surface area contributed by atoms with Gasteiger partial charge < -0.3 is 11.1 Å². The van der Waals surface area contributed by atoms with Crippen LogP contribution in [0, 0.1) is 18.3 Å². The van der Waals surface area contributed by atoms with Gasteiger partial charge in [0.15, 0.2) is 0 Å². The minimum atomic E-state index is 0.533. The Labute approximate surface area is 91.9 Å². The highest BCUT2D eigenvalue weighted by atomic mass is 14.9. The Balaban J connectivity index is 1.96. The maximum atomic E-state index is 5.90. The molecule has 3 N–H and O–H groups in total. The summed E-state index contributed by atoms with van der Waals surface area (Å²) in [6.07, 6.45) is 1.33. The first-order chi connectivity index (χ1) is 6.99. The molecule has 0 aliphatic heterocycles. The minimum Gasteiger partial charge on any atom is -0.397 e. The zero-order valence-corrected chi connectivity index (χ0v) is 9.80. The number of nitrogen functional groups attached to an aromatic ring is 1. The quantitative estimate of drug-likeness (QED) is 0.743. The molecule has 82 valence electrons. The molecule has 1 aromatic carbocycles. The van der Waals surface area contributed by atoms with Crippen molar-refractivity contribution in [3.63, 3.8) is 0 Å². The molecular weight excluding hydrogens is 184 g/mol. The second-order valence-corrected chi connectivity index (χ2v) is 5.36. The predicted molar refractivity (Wildman–Crippen MR) is 66.0 cm³/mol. The van der Waals surface area contributed by atoms with Crippen LogP contribution in [0.5, 0.6) is 0 Å². The van der Waals surface area contributed by atoms with Gasteiger partial charge in [0.2, 0.25) is 0 Å². The van der Waals surface area contributed by atoms with Gasteiger partial charge in [0.25, 0.3) is 0 Å². The maximum Gasteiger partial charge on any atom is 0.0576 e. The Morgan fingerprint density at radius 1 is 1.47 bits per heavy atom. The molecule has 0 amide bonds. The Morgan fingerprint density at radius 2 is 2.13 bits per heavy atom. The van der Waals surface area contributed by atoms with Gasteiger partial charge in [-0.15, -0.1) is 0 Å². The molecule has 2 nitrogen and oxygen atoms in total. The Kier molecular flexibility index (Phi) is 2.37. The van der Waals surface area contributed by atoms with Crippen LogP contribution in [-0.4, -0.2) is 6.54 Å². The van der Waals surface area contributed by atoms with Crippen LogP contribution in [0.25, 0.3) is 0 Å². The molecule has 0 aromatic heterocycles. The summed E-state index contributed by atoms with van der Waals surface area (Å²) in [5.41, 5.74) is 9.61. The molecule has 0 spiro atoms. The summed E-state index contributed by atoms with van der Waals surface area (Å²) in [6, 6.07) is 6.13. The van der Waals surface area contributed by atoms with Crippen molar-refractivity contribution in [2.24, 2.45) is 11.3 Å². The van der Waals surface area contributed by atoms with Gasteiger partial charge in [-0.2, -0.15) is 0 Å². The highest BCUT2D eigenvalue weighted by molar-refractivity contribution is 5.66. The number of nitrogens with one attached hydrogen (secondary N) is 1. The van der Waals surface area contributed by atoms with E-state index in [1.54, 1.807) is 0 Å². The first-order valence-electron chi connectivity index (χ1n) is 5.59. The van der Waals surface area contributed by atoms with Crippen molar-refractivity contribution in [3.05, 3.63) is 23.8 Å². The second kappa shape index (κ2) is 3.44. The van der Waals surface area contributed by atoms with Crippen molar-refractivity contribution in [2.45, 2.75) is 27.2 Å². The fourth-order valence-electron chi connectivity index (χ4n) is 1.98. The average molecular weight is 204 g/mol. The Bertz CT molecular complexity index is 369. The Hall–Kier alpha value is -1.18.